The molecule has 0 aliphatic rings. The van der Waals surface area contributed by atoms with E-state index in [0.717, 1.165) is 29.0 Å². The summed E-state index contributed by atoms with van der Waals surface area (Å²) >= 11 is 1.06. The second kappa shape index (κ2) is 6.36. The van der Waals surface area contributed by atoms with Gasteiger partial charge in [-0.3, -0.25) is 0 Å². The van der Waals surface area contributed by atoms with Gasteiger partial charge in [-0.15, -0.1) is 0 Å². The van der Waals surface area contributed by atoms with Gasteiger partial charge in [0.15, 0.2) is 0 Å². The van der Waals surface area contributed by atoms with Gasteiger partial charge in [-0.1, -0.05) is 30.3 Å². The molecule has 0 radical (unpaired) electrons. The van der Waals surface area contributed by atoms with Crippen LogP contribution < -0.4 is 10.0 Å². The molecule has 5 heteroatoms. The number of phenolic OH excluding ortho intramolecular Hbond substituents is 1. The summed E-state index contributed by atoms with van der Waals surface area (Å²) in [5, 5.41) is 13.2. The third-order valence-corrected chi connectivity index (χ3v) is 3.18. The third-order valence-electron chi connectivity index (χ3n) is 2.72. The molecule has 0 aliphatic heterocycles. The molecule has 0 aromatic heterocycles. The normalized spacial score (nSPS) is 10.2. The molecule has 0 aliphatic carbocycles. The van der Waals surface area contributed by atoms with Crippen molar-refractivity contribution >= 4 is 23.6 Å². The minimum atomic E-state index is 0.176. The van der Waals surface area contributed by atoms with Crippen LogP contribution in [0.4, 0.5) is 11.4 Å². The van der Waals surface area contributed by atoms with Crippen LogP contribution in [0, 0.1) is 0 Å². The molecule has 2 aromatic carbocycles. The number of benzene rings is 2. The van der Waals surface area contributed by atoms with Gasteiger partial charge in [-0.2, -0.15) is 0 Å². The van der Waals surface area contributed by atoms with Gasteiger partial charge in [-0.25, -0.2) is 0 Å². The van der Waals surface area contributed by atoms with Crippen molar-refractivity contribution in [1.82, 2.24) is 0 Å². The van der Waals surface area contributed by atoms with E-state index in [1.165, 1.54) is 0 Å². The van der Waals surface area contributed by atoms with E-state index in [1.54, 1.807) is 13.2 Å². The molecule has 0 bridgehead atoms. The predicted molar refractivity (Wildman–Crippen MR) is 81.3 cm³/mol. The molecular weight excluding hydrogens is 260 g/mol. The number of hydrogen-bond acceptors (Lipinski definition) is 5. The summed E-state index contributed by atoms with van der Waals surface area (Å²) in [5.74, 6) is 0.176. The maximum absolute atomic E-state index is 10.1. The molecule has 4 nitrogen and oxygen atoms in total. The van der Waals surface area contributed by atoms with Gasteiger partial charge in [0.05, 0.1) is 12.8 Å². The molecule has 0 spiro atoms. The zero-order valence-corrected chi connectivity index (χ0v) is 11.6. The Hall–Kier alpha value is -1.85. The fraction of sp³-hybridized carbons (Fsp3) is 0.143. The van der Waals surface area contributed by atoms with Crippen LogP contribution in [0.5, 0.6) is 5.75 Å². The van der Waals surface area contributed by atoms with E-state index in [9.17, 15) is 5.11 Å². The monoisotopic (exact) mass is 276 g/mol. The zero-order valence-electron chi connectivity index (χ0n) is 10.8. The number of nitrogens with one attached hydrogen (secondary N) is 2. The Labute approximate surface area is 117 Å². The van der Waals surface area contributed by atoms with Crippen LogP contribution in [0.3, 0.4) is 0 Å². The summed E-state index contributed by atoms with van der Waals surface area (Å²) in [5.41, 5.74) is 3.42. The van der Waals surface area contributed by atoms with Gasteiger partial charge < -0.3 is 19.3 Å². The van der Waals surface area contributed by atoms with Crippen LogP contribution in [-0.2, 0) is 4.18 Å². The predicted octanol–water partition coefficient (Wildman–Crippen LogP) is 3.72. The summed E-state index contributed by atoms with van der Waals surface area (Å²) < 4.78 is 7.82. The van der Waals surface area contributed by atoms with Gasteiger partial charge >= 0.3 is 0 Å². The lowest BCUT2D eigenvalue weighted by atomic mass is 10.0. The first-order chi connectivity index (χ1) is 9.26. The number of rotatable bonds is 5. The van der Waals surface area contributed by atoms with Crippen molar-refractivity contribution in [3.8, 4) is 16.9 Å². The van der Waals surface area contributed by atoms with E-state index in [1.807, 2.05) is 43.4 Å². The minimum Gasteiger partial charge on any atom is -0.506 e. The van der Waals surface area contributed by atoms with Crippen molar-refractivity contribution in [1.29, 1.82) is 0 Å². The molecule has 19 heavy (non-hydrogen) atoms. The van der Waals surface area contributed by atoms with E-state index in [0.29, 0.717) is 5.69 Å². The average molecular weight is 276 g/mol. The van der Waals surface area contributed by atoms with Gasteiger partial charge in [0, 0.05) is 7.05 Å². The summed E-state index contributed by atoms with van der Waals surface area (Å²) in [4.78, 5) is 0. The molecule has 100 valence electrons. The molecule has 2 aromatic rings. The van der Waals surface area contributed by atoms with Crippen molar-refractivity contribution in [3.05, 3.63) is 42.5 Å². The lowest BCUT2D eigenvalue weighted by Crippen LogP contribution is -1.97. The maximum Gasteiger partial charge on any atom is 0.142 e. The molecule has 0 atom stereocenters. The number of anilines is 2. The van der Waals surface area contributed by atoms with Gasteiger partial charge in [0.2, 0.25) is 0 Å². The van der Waals surface area contributed by atoms with Crippen LogP contribution in [0.1, 0.15) is 0 Å². The lowest BCUT2D eigenvalue weighted by Gasteiger charge is -2.14. The van der Waals surface area contributed by atoms with Gasteiger partial charge in [0.1, 0.15) is 23.7 Å². The van der Waals surface area contributed by atoms with Crippen LogP contribution in [0.2, 0.25) is 0 Å². The Morgan fingerprint density at radius 2 is 1.84 bits per heavy atom. The fourth-order valence-corrected chi connectivity index (χ4v) is 2.19. The smallest absolute Gasteiger partial charge is 0.142 e. The van der Waals surface area contributed by atoms with Crippen molar-refractivity contribution in [2.24, 2.45) is 0 Å². The molecule has 0 amide bonds. The molecule has 0 unspecified atom stereocenters. The highest BCUT2D eigenvalue weighted by Crippen LogP contribution is 2.38. The summed E-state index contributed by atoms with van der Waals surface area (Å²) in [6.45, 7) is 0. The SMILES string of the molecule is CNc1cc(-c2ccccc2)cc(O)c1NSOC. The first kappa shape index (κ1) is 13.6. The minimum absolute atomic E-state index is 0.176. The molecule has 0 fully saturated rings. The van der Waals surface area contributed by atoms with E-state index >= 15 is 0 Å². The zero-order chi connectivity index (χ0) is 13.7. The van der Waals surface area contributed by atoms with Gasteiger partial charge in [0.25, 0.3) is 0 Å². The lowest BCUT2D eigenvalue weighted by molar-refractivity contribution is 0.477. The summed E-state index contributed by atoms with van der Waals surface area (Å²) in [6, 6.07) is 13.6. The van der Waals surface area contributed by atoms with Crippen molar-refractivity contribution < 1.29 is 9.29 Å². The average Bonchev–Trinajstić information content (AvgIpc) is 2.46. The van der Waals surface area contributed by atoms with Crippen LogP contribution in [0.25, 0.3) is 11.1 Å². The van der Waals surface area contributed by atoms with E-state index < -0.39 is 0 Å². The van der Waals surface area contributed by atoms with Crippen molar-refractivity contribution in [2.75, 3.05) is 24.2 Å². The third kappa shape index (κ3) is 3.13. The molecule has 0 saturated carbocycles. The highest BCUT2D eigenvalue weighted by molar-refractivity contribution is 7.96. The summed E-state index contributed by atoms with van der Waals surface area (Å²) in [6.07, 6.45) is 0. The molecule has 0 saturated heterocycles. The first-order valence-corrected chi connectivity index (χ1v) is 6.56. The fourth-order valence-electron chi connectivity index (χ4n) is 1.81. The first-order valence-electron chi connectivity index (χ1n) is 5.82. The molecular formula is C14H16N2O2S. The van der Waals surface area contributed by atoms with Crippen LogP contribution >= 0.6 is 12.2 Å². The Kier molecular flexibility index (Phi) is 4.54. The van der Waals surface area contributed by atoms with Gasteiger partial charge in [-0.05, 0) is 23.3 Å². The van der Waals surface area contributed by atoms with Crippen LogP contribution in [-0.4, -0.2) is 19.3 Å². The van der Waals surface area contributed by atoms with Crippen LogP contribution in [0.15, 0.2) is 42.5 Å². The van der Waals surface area contributed by atoms with E-state index in [-0.39, 0.29) is 5.75 Å². The largest absolute Gasteiger partial charge is 0.506 e. The van der Waals surface area contributed by atoms with E-state index in [2.05, 4.69) is 10.0 Å². The van der Waals surface area contributed by atoms with Crippen molar-refractivity contribution in [3.63, 3.8) is 0 Å². The maximum atomic E-state index is 10.1. The second-order valence-corrected chi connectivity index (χ2v) is 4.59. The second-order valence-electron chi connectivity index (χ2n) is 3.89. The standard InChI is InChI=1S/C14H16N2O2S/c1-15-12-8-11(10-6-4-3-5-7-10)9-13(17)14(12)16-19-18-2/h3-9,15-17H,1-2H3. The van der Waals surface area contributed by atoms with Crippen molar-refractivity contribution in [2.45, 2.75) is 0 Å². The number of aromatic hydroxyl groups is 1. The Bertz CT molecular complexity index is 547. The Morgan fingerprint density at radius 3 is 2.47 bits per heavy atom. The topological polar surface area (TPSA) is 53.5 Å². The van der Waals surface area contributed by atoms with E-state index in [4.69, 9.17) is 4.18 Å². The Morgan fingerprint density at radius 1 is 1.11 bits per heavy atom. The number of phenols is 1. The quantitative estimate of drug-likeness (QED) is 0.441. The highest BCUT2D eigenvalue weighted by Gasteiger charge is 2.10. The molecule has 3 N–H and O–H groups in total. The Balaban J connectivity index is 2.41. The molecule has 2 rings (SSSR count). The summed E-state index contributed by atoms with van der Waals surface area (Å²) in [7, 11) is 3.37. The molecule has 0 heterocycles. The highest BCUT2D eigenvalue weighted by atomic mass is 32.2. The number of hydrogen-bond donors (Lipinski definition) is 3.